The van der Waals surface area contributed by atoms with Crippen molar-refractivity contribution in [3.05, 3.63) is 84.2 Å². The first kappa shape index (κ1) is 23.8. The molecule has 0 atom stereocenters. The van der Waals surface area contributed by atoms with Crippen molar-refractivity contribution in [3.63, 3.8) is 0 Å². The summed E-state index contributed by atoms with van der Waals surface area (Å²) in [4.78, 5) is 23.2. The monoisotopic (exact) mass is 464 g/mol. The molecule has 0 radical (unpaired) electrons. The molecule has 1 heterocycles. The normalized spacial score (nSPS) is 11.0. The Morgan fingerprint density at radius 1 is 1.03 bits per heavy atom. The molecule has 0 bridgehead atoms. The average Bonchev–Trinajstić information content (AvgIpc) is 2.83. The van der Waals surface area contributed by atoms with E-state index in [9.17, 15) is 9.90 Å². The number of amides is 1. The highest BCUT2D eigenvalue weighted by Gasteiger charge is 2.20. The highest BCUT2D eigenvalue weighted by Crippen LogP contribution is 2.39. The maximum atomic E-state index is 12.1. The molecule has 0 aliphatic rings. The summed E-state index contributed by atoms with van der Waals surface area (Å²) in [6.07, 6.45) is 1.55. The van der Waals surface area contributed by atoms with Crippen molar-refractivity contribution in [2.75, 3.05) is 11.4 Å². The predicted octanol–water partition coefficient (Wildman–Crippen LogP) is 5.63. The van der Waals surface area contributed by atoms with Gasteiger partial charge >= 0.3 is 0 Å². The highest BCUT2D eigenvalue weighted by atomic mass is 16.3. The Morgan fingerprint density at radius 2 is 1.80 bits per heavy atom. The minimum Gasteiger partial charge on any atom is -0.508 e. The average molecular weight is 465 g/mol. The SMILES string of the molecule is Cc1cc(O)ccc1N(c1ccccc1)c1ncnc2ccc(C#CCNC(=O)C(C)(C)C)cc12. The van der Waals surface area contributed by atoms with Crippen LogP contribution in [0.3, 0.4) is 0 Å². The van der Waals surface area contributed by atoms with E-state index in [1.54, 1.807) is 18.5 Å². The molecule has 0 saturated heterocycles. The first-order valence-corrected chi connectivity index (χ1v) is 11.4. The van der Waals surface area contributed by atoms with Crippen LogP contribution in [0.5, 0.6) is 5.75 Å². The molecule has 0 saturated carbocycles. The molecule has 176 valence electrons. The Hall–Kier alpha value is -4.37. The molecule has 1 amide bonds. The molecule has 2 N–H and O–H groups in total. The lowest BCUT2D eigenvalue weighted by Gasteiger charge is -2.26. The van der Waals surface area contributed by atoms with Gasteiger partial charge in [-0.25, -0.2) is 9.97 Å². The van der Waals surface area contributed by atoms with Crippen LogP contribution in [0.15, 0.2) is 73.1 Å². The van der Waals surface area contributed by atoms with Crippen LogP contribution in [0.1, 0.15) is 31.9 Å². The highest BCUT2D eigenvalue weighted by molar-refractivity contribution is 5.95. The summed E-state index contributed by atoms with van der Waals surface area (Å²) in [6, 6.07) is 21.0. The molecule has 4 rings (SSSR count). The van der Waals surface area contributed by atoms with Gasteiger partial charge in [-0.05, 0) is 61.0 Å². The number of aromatic nitrogens is 2. The van der Waals surface area contributed by atoms with Crippen LogP contribution in [0.4, 0.5) is 17.2 Å². The topological polar surface area (TPSA) is 78.3 Å². The second-order valence-corrected chi connectivity index (χ2v) is 9.31. The van der Waals surface area contributed by atoms with Crippen LogP contribution in [-0.4, -0.2) is 27.5 Å². The number of para-hydroxylation sites is 1. The number of rotatable bonds is 4. The Morgan fingerprint density at radius 3 is 2.51 bits per heavy atom. The van der Waals surface area contributed by atoms with Gasteiger partial charge in [0.1, 0.15) is 17.9 Å². The summed E-state index contributed by atoms with van der Waals surface area (Å²) < 4.78 is 0. The van der Waals surface area contributed by atoms with Crippen molar-refractivity contribution in [2.24, 2.45) is 5.41 Å². The molecule has 4 aromatic rings. The second-order valence-electron chi connectivity index (χ2n) is 9.31. The van der Waals surface area contributed by atoms with Gasteiger partial charge in [0, 0.05) is 22.1 Å². The zero-order chi connectivity index (χ0) is 25.0. The quantitative estimate of drug-likeness (QED) is 0.383. The number of carbonyl (C=O) groups is 1. The lowest BCUT2D eigenvalue weighted by molar-refractivity contribution is -0.128. The number of nitrogens with one attached hydrogen (secondary N) is 1. The van der Waals surface area contributed by atoms with E-state index in [2.05, 4.69) is 32.0 Å². The Labute approximate surface area is 205 Å². The third-order valence-corrected chi connectivity index (χ3v) is 5.51. The summed E-state index contributed by atoms with van der Waals surface area (Å²) >= 11 is 0. The fourth-order valence-electron chi connectivity index (χ4n) is 3.68. The van der Waals surface area contributed by atoms with Gasteiger partial charge in [-0.15, -0.1) is 0 Å². The third kappa shape index (κ3) is 5.42. The van der Waals surface area contributed by atoms with Gasteiger partial charge in [-0.3, -0.25) is 9.69 Å². The van der Waals surface area contributed by atoms with Gasteiger partial charge < -0.3 is 10.4 Å². The van der Waals surface area contributed by atoms with Crippen LogP contribution in [0.2, 0.25) is 0 Å². The zero-order valence-corrected chi connectivity index (χ0v) is 20.3. The number of hydrogen-bond donors (Lipinski definition) is 2. The standard InChI is InChI=1S/C29H28N4O2/c1-20-17-23(34)13-15-26(20)33(22-10-6-5-7-11-22)27-24-18-21(12-14-25(24)31-19-32-27)9-8-16-30-28(35)29(2,3)4/h5-7,10-15,17-19,34H,16H2,1-4H3,(H,30,35). The number of carbonyl (C=O) groups excluding carboxylic acids is 1. The fourth-order valence-corrected chi connectivity index (χ4v) is 3.68. The first-order valence-electron chi connectivity index (χ1n) is 11.4. The number of phenols is 1. The molecule has 35 heavy (non-hydrogen) atoms. The number of fused-ring (bicyclic) bond motifs is 1. The number of aryl methyl sites for hydroxylation is 1. The molecule has 0 unspecified atom stereocenters. The summed E-state index contributed by atoms with van der Waals surface area (Å²) in [6.45, 7) is 7.84. The summed E-state index contributed by atoms with van der Waals surface area (Å²) in [5.74, 6) is 7.05. The minimum atomic E-state index is -0.454. The van der Waals surface area contributed by atoms with Crippen LogP contribution < -0.4 is 10.2 Å². The van der Waals surface area contributed by atoms with E-state index in [0.29, 0.717) is 5.82 Å². The molecular weight excluding hydrogens is 436 g/mol. The van der Waals surface area contributed by atoms with E-state index < -0.39 is 5.41 Å². The molecule has 0 aliphatic heterocycles. The third-order valence-electron chi connectivity index (χ3n) is 5.51. The number of aromatic hydroxyl groups is 1. The molecule has 3 aromatic carbocycles. The van der Waals surface area contributed by atoms with Gasteiger partial charge in [0.15, 0.2) is 0 Å². The minimum absolute atomic E-state index is 0.0382. The van der Waals surface area contributed by atoms with Crippen molar-refractivity contribution in [1.82, 2.24) is 15.3 Å². The van der Waals surface area contributed by atoms with Crippen LogP contribution >= 0.6 is 0 Å². The van der Waals surface area contributed by atoms with Crippen molar-refractivity contribution >= 4 is 34.0 Å². The van der Waals surface area contributed by atoms with Gasteiger partial charge in [0.05, 0.1) is 17.7 Å². The van der Waals surface area contributed by atoms with E-state index in [0.717, 1.165) is 33.4 Å². The lowest BCUT2D eigenvalue weighted by atomic mass is 9.96. The lowest BCUT2D eigenvalue weighted by Crippen LogP contribution is -2.34. The van der Waals surface area contributed by atoms with Crippen molar-refractivity contribution in [2.45, 2.75) is 27.7 Å². The van der Waals surface area contributed by atoms with Crippen molar-refractivity contribution in [1.29, 1.82) is 0 Å². The predicted molar refractivity (Wildman–Crippen MR) is 140 cm³/mol. The second kappa shape index (κ2) is 9.86. The molecule has 6 nitrogen and oxygen atoms in total. The first-order chi connectivity index (χ1) is 16.7. The largest absolute Gasteiger partial charge is 0.508 e. The summed E-state index contributed by atoms with van der Waals surface area (Å²) in [7, 11) is 0. The summed E-state index contributed by atoms with van der Waals surface area (Å²) in [5.41, 5.74) is 3.88. The Bertz CT molecular complexity index is 1430. The van der Waals surface area contributed by atoms with E-state index in [1.165, 1.54) is 0 Å². The number of hydrogen-bond acceptors (Lipinski definition) is 5. The van der Waals surface area contributed by atoms with Gasteiger partial charge in [-0.2, -0.15) is 0 Å². The van der Waals surface area contributed by atoms with Gasteiger partial charge in [0.2, 0.25) is 5.91 Å². The zero-order valence-electron chi connectivity index (χ0n) is 20.3. The molecular formula is C29H28N4O2. The van der Waals surface area contributed by atoms with E-state index in [-0.39, 0.29) is 18.2 Å². The van der Waals surface area contributed by atoms with E-state index in [4.69, 9.17) is 0 Å². The Balaban J connectivity index is 1.77. The molecule has 1 aromatic heterocycles. The Kier molecular flexibility index (Phi) is 6.70. The molecule has 0 spiro atoms. The van der Waals surface area contributed by atoms with Gasteiger partial charge in [-0.1, -0.05) is 50.8 Å². The van der Waals surface area contributed by atoms with Gasteiger partial charge in [0.25, 0.3) is 0 Å². The van der Waals surface area contributed by atoms with E-state index >= 15 is 0 Å². The number of phenolic OH excluding ortho intramolecular Hbond substituents is 1. The van der Waals surface area contributed by atoms with Crippen LogP contribution in [0, 0.1) is 24.2 Å². The maximum Gasteiger partial charge on any atom is 0.226 e. The molecule has 0 fully saturated rings. The molecule has 0 aliphatic carbocycles. The van der Waals surface area contributed by atoms with Crippen molar-refractivity contribution in [3.8, 4) is 17.6 Å². The van der Waals surface area contributed by atoms with Crippen LogP contribution in [0.25, 0.3) is 10.9 Å². The smallest absolute Gasteiger partial charge is 0.226 e. The maximum absolute atomic E-state index is 12.1. The van der Waals surface area contributed by atoms with E-state index in [1.807, 2.05) is 82.3 Å². The van der Waals surface area contributed by atoms with Crippen LogP contribution in [-0.2, 0) is 4.79 Å². The van der Waals surface area contributed by atoms with Crippen molar-refractivity contribution < 1.29 is 9.90 Å². The number of nitrogens with zero attached hydrogens (tertiary/aromatic N) is 3. The fraction of sp³-hybridized carbons (Fsp3) is 0.207. The number of anilines is 3. The summed E-state index contributed by atoms with van der Waals surface area (Å²) in [5, 5.41) is 13.7. The number of benzene rings is 3. The molecule has 6 heteroatoms.